The molecule has 0 saturated heterocycles. The lowest BCUT2D eigenvalue weighted by Gasteiger charge is -2.27. The summed E-state index contributed by atoms with van der Waals surface area (Å²) in [7, 11) is 1.64. The molecule has 1 aromatic rings. The maximum absolute atomic E-state index is 12.5. The van der Waals surface area contributed by atoms with Crippen LogP contribution in [0.1, 0.15) is 64.5 Å². The highest BCUT2D eigenvalue weighted by Gasteiger charge is 2.26. The molecule has 1 aliphatic rings. The van der Waals surface area contributed by atoms with Gasteiger partial charge >= 0.3 is 0 Å². The minimum Gasteiger partial charge on any atom is -0.493 e. The Hall–Kier alpha value is -1.75. The van der Waals surface area contributed by atoms with Gasteiger partial charge in [-0.05, 0) is 56.2 Å². The van der Waals surface area contributed by atoms with Crippen molar-refractivity contribution in [2.24, 2.45) is 17.6 Å². The molecule has 0 radical (unpaired) electrons. The summed E-state index contributed by atoms with van der Waals surface area (Å²) < 4.78 is 11.3. The molecule has 26 heavy (non-hydrogen) atoms. The van der Waals surface area contributed by atoms with Crippen molar-refractivity contribution in [1.29, 1.82) is 0 Å². The van der Waals surface area contributed by atoms with E-state index in [4.69, 9.17) is 15.2 Å². The summed E-state index contributed by atoms with van der Waals surface area (Å²) in [6.07, 6.45) is 4.77. The van der Waals surface area contributed by atoms with Gasteiger partial charge in [0.15, 0.2) is 11.5 Å². The van der Waals surface area contributed by atoms with Crippen molar-refractivity contribution in [1.82, 2.24) is 5.32 Å². The Balaban J connectivity index is 1.97. The van der Waals surface area contributed by atoms with E-state index in [1.807, 2.05) is 25.1 Å². The average Bonchev–Trinajstić information content (AvgIpc) is 2.61. The van der Waals surface area contributed by atoms with Gasteiger partial charge < -0.3 is 20.5 Å². The molecular formula is C21H34N2O3. The molecule has 1 aliphatic carbocycles. The standard InChI is InChI=1S/C21H34N2O3/c1-14(2)10-11-26-19-9-8-16(13-20(19)25-4)15(3)23-21(24)17-6-5-7-18(22)12-17/h8-9,13-15,17-18H,5-7,10-12,22H2,1-4H3,(H,23,24). The third-order valence-electron chi connectivity index (χ3n) is 5.08. The number of benzene rings is 1. The third kappa shape index (κ3) is 5.90. The number of ether oxygens (including phenoxy) is 2. The van der Waals surface area contributed by atoms with E-state index >= 15 is 0 Å². The van der Waals surface area contributed by atoms with E-state index < -0.39 is 0 Å². The smallest absolute Gasteiger partial charge is 0.223 e. The average molecular weight is 363 g/mol. The second-order valence-electron chi connectivity index (χ2n) is 7.80. The summed E-state index contributed by atoms with van der Waals surface area (Å²) in [5.41, 5.74) is 7.01. The first-order valence-electron chi connectivity index (χ1n) is 9.77. The summed E-state index contributed by atoms with van der Waals surface area (Å²) in [6.45, 7) is 7.01. The fourth-order valence-electron chi connectivity index (χ4n) is 3.36. The molecule has 0 spiro atoms. The zero-order valence-electron chi connectivity index (χ0n) is 16.6. The highest BCUT2D eigenvalue weighted by atomic mass is 16.5. The zero-order chi connectivity index (χ0) is 19.1. The van der Waals surface area contributed by atoms with E-state index in [1.165, 1.54) is 0 Å². The summed E-state index contributed by atoms with van der Waals surface area (Å²) in [6, 6.07) is 5.93. The van der Waals surface area contributed by atoms with E-state index in [9.17, 15) is 4.79 Å². The Kier molecular flexibility index (Phi) is 7.76. The Labute approximate surface area is 157 Å². The molecule has 1 aromatic carbocycles. The summed E-state index contributed by atoms with van der Waals surface area (Å²) in [5, 5.41) is 3.12. The molecule has 0 heterocycles. The van der Waals surface area contributed by atoms with Crippen molar-refractivity contribution in [2.45, 2.75) is 65.0 Å². The molecule has 5 heteroatoms. The monoisotopic (exact) mass is 362 g/mol. The minimum atomic E-state index is -0.0840. The van der Waals surface area contributed by atoms with Crippen molar-refractivity contribution in [2.75, 3.05) is 13.7 Å². The molecule has 3 unspecified atom stereocenters. The fraction of sp³-hybridized carbons (Fsp3) is 0.667. The number of amides is 1. The lowest BCUT2D eigenvalue weighted by Crippen LogP contribution is -2.38. The predicted molar refractivity (Wildman–Crippen MR) is 104 cm³/mol. The molecule has 1 fully saturated rings. The molecule has 2 rings (SSSR count). The topological polar surface area (TPSA) is 73.6 Å². The predicted octanol–water partition coefficient (Wildman–Crippen LogP) is 3.81. The van der Waals surface area contributed by atoms with Crippen molar-refractivity contribution >= 4 is 5.91 Å². The number of carbonyl (C=O) groups is 1. The Morgan fingerprint density at radius 2 is 2.04 bits per heavy atom. The fourth-order valence-corrected chi connectivity index (χ4v) is 3.36. The van der Waals surface area contributed by atoms with Crippen LogP contribution in [-0.2, 0) is 4.79 Å². The SMILES string of the molecule is COc1cc(C(C)NC(=O)C2CCCC(N)C2)ccc1OCCC(C)C. The van der Waals surface area contributed by atoms with Gasteiger partial charge in [-0.15, -0.1) is 0 Å². The first kappa shape index (κ1) is 20.6. The van der Waals surface area contributed by atoms with Gasteiger partial charge in [0, 0.05) is 12.0 Å². The van der Waals surface area contributed by atoms with Crippen LogP contribution in [-0.4, -0.2) is 25.7 Å². The van der Waals surface area contributed by atoms with Crippen molar-refractivity contribution in [3.8, 4) is 11.5 Å². The van der Waals surface area contributed by atoms with Gasteiger partial charge in [-0.25, -0.2) is 0 Å². The van der Waals surface area contributed by atoms with Crippen LogP contribution in [0.4, 0.5) is 0 Å². The van der Waals surface area contributed by atoms with E-state index in [2.05, 4.69) is 19.2 Å². The van der Waals surface area contributed by atoms with E-state index in [-0.39, 0.29) is 23.9 Å². The maximum atomic E-state index is 12.5. The van der Waals surface area contributed by atoms with Gasteiger partial charge in [0.2, 0.25) is 5.91 Å². The zero-order valence-corrected chi connectivity index (χ0v) is 16.6. The molecule has 0 aliphatic heterocycles. The molecule has 0 aromatic heterocycles. The lowest BCUT2D eigenvalue weighted by molar-refractivity contribution is -0.126. The number of hydrogen-bond donors (Lipinski definition) is 2. The first-order valence-corrected chi connectivity index (χ1v) is 9.77. The van der Waals surface area contributed by atoms with E-state index in [0.29, 0.717) is 18.3 Å². The largest absolute Gasteiger partial charge is 0.493 e. The highest BCUT2D eigenvalue weighted by Crippen LogP contribution is 2.31. The van der Waals surface area contributed by atoms with Crippen molar-refractivity contribution in [3.63, 3.8) is 0 Å². The number of nitrogens with one attached hydrogen (secondary N) is 1. The Morgan fingerprint density at radius 1 is 1.27 bits per heavy atom. The van der Waals surface area contributed by atoms with Crippen molar-refractivity contribution < 1.29 is 14.3 Å². The highest BCUT2D eigenvalue weighted by molar-refractivity contribution is 5.79. The normalized spacial score (nSPS) is 21.3. The van der Waals surface area contributed by atoms with Crippen LogP contribution < -0.4 is 20.5 Å². The first-order chi connectivity index (χ1) is 12.4. The quantitative estimate of drug-likeness (QED) is 0.737. The van der Waals surface area contributed by atoms with Gasteiger partial charge in [0.05, 0.1) is 19.8 Å². The molecule has 5 nitrogen and oxygen atoms in total. The van der Waals surface area contributed by atoms with Crippen LogP contribution in [0.5, 0.6) is 11.5 Å². The maximum Gasteiger partial charge on any atom is 0.223 e. The van der Waals surface area contributed by atoms with Gasteiger partial charge in [0.25, 0.3) is 0 Å². The summed E-state index contributed by atoms with van der Waals surface area (Å²) >= 11 is 0. The minimum absolute atomic E-state index is 0.0294. The van der Waals surface area contributed by atoms with Gasteiger partial charge in [-0.1, -0.05) is 26.3 Å². The molecule has 3 N–H and O–H groups in total. The second-order valence-corrected chi connectivity index (χ2v) is 7.80. The lowest BCUT2D eigenvalue weighted by atomic mass is 9.85. The number of hydrogen-bond acceptors (Lipinski definition) is 4. The van der Waals surface area contributed by atoms with Gasteiger partial charge in [-0.3, -0.25) is 4.79 Å². The number of nitrogens with two attached hydrogens (primary N) is 1. The molecule has 0 bridgehead atoms. The van der Waals surface area contributed by atoms with Crippen LogP contribution in [0.25, 0.3) is 0 Å². The molecule has 1 amide bonds. The van der Waals surface area contributed by atoms with Gasteiger partial charge in [-0.2, -0.15) is 0 Å². The summed E-state index contributed by atoms with van der Waals surface area (Å²) in [4.78, 5) is 12.5. The third-order valence-corrected chi connectivity index (χ3v) is 5.08. The van der Waals surface area contributed by atoms with Crippen LogP contribution in [0.15, 0.2) is 18.2 Å². The number of carbonyl (C=O) groups excluding carboxylic acids is 1. The number of methoxy groups -OCH3 is 1. The van der Waals surface area contributed by atoms with E-state index in [1.54, 1.807) is 7.11 Å². The van der Waals surface area contributed by atoms with Crippen LogP contribution in [0, 0.1) is 11.8 Å². The van der Waals surface area contributed by atoms with Gasteiger partial charge in [0.1, 0.15) is 0 Å². The van der Waals surface area contributed by atoms with Crippen LogP contribution in [0.3, 0.4) is 0 Å². The Morgan fingerprint density at radius 3 is 2.69 bits per heavy atom. The van der Waals surface area contributed by atoms with Crippen LogP contribution >= 0.6 is 0 Å². The summed E-state index contributed by atoms with van der Waals surface area (Å²) in [5.74, 6) is 2.18. The van der Waals surface area contributed by atoms with Crippen molar-refractivity contribution in [3.05, 3.63) is 23.8 Å². The molecule has 3 atom stereocenters. The second kappa shape index (κ2) is 9.81. The van der Waals surface area contributed by atoms with E-state index in [0.717, 1.165) is 43.4 Å². The number of rotatable bonds is 8. The molecule has 1 saturated carbocycles. The molecule has 146 valence electrons. The Bertz CT molecular complexity index is 589. The van der Waals surface area contributed by atoms with Crippen LogP contribution in [0.2, 0.25) is 0 Å². The molecular weight excluding hydrogens is 328 g/mol.